The van der Waals surface area contributed by atoms with Crippen LogP contribution in [-0.4, -0.2) is 14.2 Å². The maximum Gasteiger partial charge on any atom is 0.169 e. The van der Waals surface area contributed by atoms with Crippen LogP contribution in [0.3, 0.4) is 0 Å². The quantitative estimate of drug-likeness (QED) is 0.227. The molecule has 30 heavy (non-hydrogen) atoms. The van der Waals surface area contributed by atoms with Crippen molar-refractivity contribution < 1.29 is 66.6 Å². The first-order valence-electron chi connectivity index (χ1n) is 9.12. The van der Waals surface area contributed by atoms with Crippen LogP contribution in [0.25, 0.3) is 24.3 Å². The summed E-state index contributed by atoms with van der Waals surface area (Å²) in [6.45, 7) is 0. The SMILES string of the molecule is COc1cc(/C=C/c2cc[n+](C)cc2)c(OC)cc1/C=C/c1cc[n+](C)cc1.[I-].[I-]. The average Bonchev–Trinajstić information content (AvgIpc) is 2.72. The topological polar surface area (TPSA) is 26.2 Å². The van der Waals surface area contributed by atoms with Crippen LogP contribution in [0, 0.1) is 0 Å². The van der Waals surface area contributed by atoms with Gasteiger partial charge in [-0.2, -0.15) is 0 Å². The number of aryl methyl sites for hydroxylation is 2. The van der Waals surface area contributed by atoms with Crippen molar-refractivity contribution in [2.75, 3.05) is 14.2 Å². The Morgan fingerprint density at radius 3 is 1.23 bits per heavy atom. The van der Waals surface area contributed by atoms with Crippen LogP contribution in [0.15, 0.2) is 61.2 Å². The van der Waals surface area contributed by atoms with Gasteiger partial charge in [0.25, 0.3) is 0 Å². The highest BCUT2D eigenvalue weighted by atomic mass is 127. The van der Waals surface area contributed by atoms with Crippen molar-refractivity contribution in [2.45, 2.75) is 0 Å². The lowest BCUT2D eigenvalue weighted by molar-refractivity contribution is -0.671. The zero-order valence-electron chi connectivity index (χ0n) is 17.5. The van der Waals surface area contributed by atoms with Gasteiger partial charge in [0.2, 0.25) is 0 Å². The van der Waals surface area contributed by atoms with Crippen LogP contribution in [0.2, 0.25) is 0 Å². The smallest absolute Gasteiger partial charge is 0.169 e. The Hall–Kier alpha value is -1.94. The van der Waals surface area contributed by atoms with E-state index in [4.69, 9.17) is 9.47 Å². The first kappa shape index (κ1) is 26.1. The predicted octanol–water partition coefficient (Wildman–Crippen LogP) is -2.30. The van der Waals surface area contributed by atoms with Crippen LogP contribution in [0.1, 0.15) is 22.3 Å². The van der Waals surface area contributed by atoms with Gasteiger partial charge < -0.3 is 57.4 Å². The maximum atomic E-state index is 5.61. The highest BCUT2D eigenvalue weighted by Gasteiger charge is 2.08. The van der Waals surface area contributed by atoms with E-state index in [0.29, 0.717) is 0 Å². The summed E-state index contributed by atoms with van der Waals surface area (Å²) in [5.41, 5.74) is 4.19. The van der Waals surface area contributed by atoms with E-state index in [0.717, 1.165) is 33.8 Å². The minimum absolute atomic E-state index is 0. The third kappa shape index (κ3) is 7.09. The molecule has 0 N–H and O–H groups in total. The maximum absolute atomic E-state index is 5.61. The number of ether oxygens (including phenoxy) is 2. The molecule has 0 unspecified atom stereocenters. The Balaban J connectivity index is 0.00000225. The van der Waals surface area contributed by atoms with E-state index in [1.807, 2.05) is 72.3 Å². The molecule has 0 saturated carbocycles. The molecule has 0 atom stereocenters. The standard InChI is InChI=1S/C24H26N2O2.2HI/c1-25-13-9-19(10-14-25)5-7-21-17-24(28-4)22(18-23(21)27-3)8-6-20-11-15-26(2)16-12-20;;/h5-18H,1-4H3;2*1H/q+2;;/p-2/b7-5+,8-6+;;. The number of hydrogen-bond acceptors (Lipinski definition) is 2. The lowest BCUT2D eigenvalue weighted by Crippen LogP contribution is -3.00. The molecule has 0 fully saturated rings. The minimum atomic E-state index is 0. The summed E-state index contributed by atoms with van der Waals surface area (Å²) >= 11 is 0. The van der Waals surface area contributed by atoms with Crippen LogP contribution in [-0.2, 0) is 14.1 Å². The lowest BCUT2D eigenvalue weighted by Gasteiger charge is -2.11. The fourth-order valence-electron chi connectivity index (χ4n) is 2.82. The zero-order chi connectivity index (χ0) is 19.9. The summed E-state index contributed by atoms with van der Waals surface area (Å²) in [5.74, 6) is 1.61. The number of halogens is 2. The molecule has 1 aromatic carbocycles. The Labute approximate surface area is 212 Å². The molecular formula is C24H26I2N2O2. The first-order valence-corrected chi connectivity index (χ1v) is 9.12. The largest absolute Gasteiger partial charge is 1.00 e. The molecule has 0 spiro atoms. The van der Waals surface area contributed by atoms with Gasteiger partial charge in [0.05, 0.1) is 14.2 Å². The number of aromatic nitrogens is 2. The Kier molecular flexibility index (Phi) is 11.0. The van der Waals surface area contributed by atoms with Crippen LogP contribution in [0.4, 0.5) is 0 Å². The summed E-state index contributed by atoms with van der Waals surface area (Å²) in [7, 11) is 7.38. The van der Waals surface area contributed by atoms with Crippen molar-refractivity contribution >= 4 is 24.3 Å². The monoisotopic (exact) mass is 628 g/mol. The zero-order valence-corrected chi connectivity index (χ0v) is 21.9. The van der Waals surface area contributed by atoms with Gasteiger partial charge in [-0.15, -0.1) is 0 Å². The molecule has 4 nitrogen and oxygen atoms in total. The molecule has 0 amide bonds. The molecule has 3 rings (SSSR count). The molecule has 3 aromatic rings. The van der Waals surface area contributed by atoms with E-state index >= 15 is 0 Å². The second-order valence-electron chi connectivity index (χ2n) is 6.60. The number of methoxy groups -OCH3 is 2. The molecule has 2 aromatic heterocycles. The fraction of sp³-hybridized carbons (Fsp3) is 0.167. The van der Waals surface area contributed by atoms with Crippen molar-refractivity contribution in [2.24, 2.45) is 14.1 Å². The molecule has 0 aliphatic rings. The predicted molar refractivity (Wildman–Crippen MR) is 113 cm³/mol. The van der Waals surface area contributed by atoms with Gasteiger partial charge in [0.1, 0.15) is 25.6 Å². The molecule has 2 heterocycles. The van der Waals surface area contributed by atoms with Gasteiger partial charge in [-0.05, 0) is 23.3 Å². The van der Waals surface area contributed by atoms with Gasteiger partial charge >= 0.3 is 0 Å². The van der Waals surface area contributed by atoms with Crippen molar-refractivity contribution in [3.8, 4) is 11.5 Å². The molecule has 0 bridgehead atoms. The second kappa shape index (κ2) is 12.7. The highest BCUT2D eigenvalue weighted by molar-refractivity contribution is 5.78. The van der Waals surface area contributed by atoms with Crippen molar-refractivity contribution in [3.05, 3.63) is 83.4 Å². The second-order valence-corrected chi connectivity index (χ2v) is 6.60. The van der Waals surface area contributed by atoms with Crippen molar-refractivity contribution in [1.82, 2.24) is 0 Å². The van der Waals surface area contributed by atoms with E-state index in [1.54, 1.807) is 14.2 Å². The summed E-state index contributed by atoms with van der Waals surface area (Å²) < 4.78 is 15.2. The molecule has 6 heteroatoms. The van der Waals surface area contributed by atoms with Gasteiger partial charge in [-0.3, -0.25) is 0 Å². The summed E-state index contributed by atoms with van der Waals surface area (Å²) in [4.78, 5) is 0. The van der Waals surface area contributed by atoms with Crippen LogP contribution >= 0.6 is 0 Å². The number of rotatable bonds is 6. The lowest BCUT2D eigenvalue weighted by atomic mass is 10.1. The summed E-state index contributed by atoms with van der Waals surface area (Å²) in [6.07, 6.45) is 16.3. The summed E-state index contributed by atoms with van der Waals surface area (Å²) in [6, 6.07) is 12.3. The van der Waals surface area contributed by atoms with Gasteiger partial charge in [0.15, 0.2) is 24.8 Å². The fourth-order valence-corrected chi connectivity index (χ4v) is 2.82. The van der Waals surface area contributed by atoms with E-state index in [1.165, 1.54) is 0 Å². The molecule has 158 valence electrons. The van der Waals surface area contributed by atoms with Crippen LogP contribution in [0.5, 0.6) is 11.5 Å². The van der Waals surface area contributed by atoms with Crippen LogP contribution < -0.4 is 66.6 Å². The molecule has 0 aliphatic carbocycles. The Morgan fingerprint density at radius 2 is 0.933 bits per heavy atom. The number of nitrogens with zero attached hydrogens (tertiary/aromatic N) is 2. The Morgan fingerprint density at radius 1 is 0.600 bits per heavy atom. The highest BCUT2D eigenvalue weighted by Crippen LogP contribution is 2.31. The van der Waals surface area contributed by atoms with E-state index in [-0.39, 0.29) is 48.0 Å². The molecule has 0 aliphatic heterocycles. The number of benzene rings is 1. The minimum Gasteiger partial charge on any atom is -1.00 e. The summed E-state index contributed by atoms with van der Waals surface area (Å²) in [5, 5.41) is 0. The number of pyridine rings is 2. The Bertz CT molecular complexity index is 916. The first-order chi connectivity index (χ1) is 13.6. The molecular weight excluding hydrogens is 602 g/mol. The normalized spacial score (nSPS) is 10.5. The van der Waals surface area contributed by atoms with E-state index < -0.39 is 0 Å². The third-order valence-corrected chi connectivity index (χ3v) is 4.50. The van der Waals surface area contributed by atoms with Gasteiger partial charge in [-0.1, -0.05) is 24.3 Å². The van der Waals surface area contributed by atoms with Crippen molar-refractivity contribution in [1.29, 1.82) is 0 Å². The number of hydrogen-bond donors (Lipinski definition) is 0. The van der Waals surface area contributed by atoms with E-state index in [9.17, 15) is 0 Å². The van der Waals surface area contributed by atoms with Gasteiger partial charge in [0, 0.05) is 35.4 Å². The van der Waals surface area contributed by atoms with Crippen molar-refractivity contribution in [3.63, 3.8) is 0 Å². The van der Waals surface area contributed by atoms with Gasteiger partial charge in [-0.25, -0.2) is 9.13 Å². The van der Waals surface area contributed by atoms with E-state index in [2.05, 4.69) is 36.4 Å². The molecule has 0 radical (unpaired) electrons. The average molecular weight is 628 g/mol. The molecule has 0 saturated heterocycles. The third-order valence-electron chi connectivity index (χ3n) is 4.50.